The summed E-state index contributed by atoms with van der Waals surface area (Å²) in [5, 5.41) is 7.70. The first kappa shape index (κ1) is 24.0. The number of nitrogens with zero attached hydrogens (tertiary/aromatic N) is 4. The van der Waals surface area contributed by atoms with Crippen LogP contribution in [0.1, 0.15) is 35.8 Å². The van der Waals surface area contributed by atoms with Crippen LogP contribution in [0.2, 0.25) is 0 Å². The number of halogens is 1. The Morgan fingerprint density at radius 3 is 2.62 bits per heavy atom. The lowest BCUT2D eigenvalue weighted by atomic mass is 10.2. The van der Waals surface area contributed by atoms with Crippen LogP contribution in [0.3, 0.4) is 0 Å². The molecule has 0 radical (unpaired) electrons. The number of aryl methyl sites for hydroxylation is 1. The van der Waals surface area contributed by atoms with Gasteiger partial charge in [0, 0.05) is 25.2 Å². The fraction of sp³-hybridized carbons (Fsp3) is 0.261. The number of amides is 1. The number of hydrogen-bond acceptors (Lipinski definition) is 6. The van der Waals surface area contributed by atoms with Gasteiger partial charge in [-0.1, -0.05) is 24.7 Å². The molecule has 1 N–H and O–H groups in total. The first-order valence-corrected chi connectivity index (χ1v) is 13.0. The van der Waals surface area contributed by atoms with E-state index >= 15 is 0 Å². The van der Waals surface area contributed by atoms with Gasteiger partial charge >= 0.3 is 0 Å². The van der Waals surface area contributed by atoms with Gasteiger partial charge in [0.2, 0.25) is 15.2 Å². The Hall–Kier alpha value is -3.15. The number of hydrogen-bond donors (Lipinski definition) is 1. The van der Waals surface area contributed by atoms with E-state index in [1.54, 1.807) is 26.1 Å². The SMILES string of the molecule is CCCCN(C)S(=O)(=O)c1ccc(C(=O)Nc2cc(C)nn2-c2nc3ccc(F)cc3s2)cc1. The molecule has 2 aromatic carbocycles. The summed E-state index contributed by atoms with van der Waals surface area (Å²) in [7, 11) is -2.07. The molecule has 0 spiro atoms. The molecule has 4 rings (SSSR count). The summed E-state index contributed by atoms with van der Waals surface area (Å²) < 4.78 is 42.4. The molecular formula is C23H24FN5O3S2. The zero-order chi connectivity index (χ0) is 24.5. The van der Waals surface area contributed by atoms with Crippen molar-refractivity contribution in [3.05, 3.63) is 65.6 Å². The molecule has 0 atom stereocenters. The van der Waals surface area contributed by atoms with Gasteiger partial charge in [-0.3, -0.25) is 4.79 Å². The third-order valence-electron chi connectivity index (χ3n) is 5.24. The summed E-state index contributed by atoms with van der Waals surface area (Å²) in [6, 6.07) is 11.8. The van der Waals surface area contributed by atoms with Gasteiger partial charge in [0.15, 0.2) is 0 Å². The number of nitrogens with one attached hydrogen (secondary N) is 1. The zero-order valence-corrected chi connectivity index (χ0v) is 20.6. The summed E-state index contributed by atoms with van der Waals surface area (Å²) in [6.07, 6.45) is 1.66. The monoisotopic (exact) mass is 501 g/mol. The molecule has 34 heavy (non-hydrogen) atoms. The second kappa shape index (κ2) is 9.61. The van der Waals surface area contributed by atoms with E-state index in [9.17, 15) is 17.6 Å². The van der Waals surface area contributed by atoms with Crippen LogP contribution in [0, 0.1) is 12.7 Å². The van der Waals surface area contributed by atoms with E-state index < -0.39 is 15.9 Å². The number of anilines is 1. The van der Waals surface area contributed by atoms with Gasteiger partial charge in [0.05, 0.1) is 20.8 Å². The van der Waals surface area contributed by atoms with E-state index in [1.807, 2.05) is 6.92 Å². The molecule has 0 aliphatic heterocycles. The summed E-state index contributed by atoms with van der Waals surface area (Å²) in [4.78, 5) is 17.5. The standard InChI is InChI=1S/C23H24FN5O3S2/c1-4-5-12-28(3)34(31,32)18-9-6-16(7-10-18)22(30)26-21-13-15(2)27-29(21)23-25-19-11-8-17(24)14-20(19)33-23/h6-11,13-14H,4-5,12H2,1-3H3,(H,26,30). The van der Waals surface area contributed by atoms with Crippen molar-refractivity contribution in [1.82, 2.24) is 19.1 Å². The molecular weight excluding hydrogens is 477 g/mol. The van der Waals surface area contributed by atoms with Gasteiger partial charge in [0.1, 0.15) is 11.6 Å². The Labute approximate surface area is 201 Å². The van der Waals surface area contributed by atoms with Crippen LogP contribution in [0.4, 0.5) is 10.2 Å². The second-order valence-electron chi connectivity index (χ2n) is 7.85. The van der Waals surface area contributed by atoms with Gasteiger partial charge < -0.3 is 5.32 Å². The maximum atomic E-state index is 13.6. The molecule has 178 valence electrons. The Morgan fingerprint density at radius 2 is 1.91 bits per heavy atom. The molecule has 0 fully saturated rings. The van der Waals surface area contributed by atoms with Crippen molar-refractivity contribution in [2.45, 2.75) is 31.6 Å². The van der Waals surface area contributed by atoms with Crippen LogP contribution in [0.5, 0.6) is 0 Å². The molecule has 0 aliphatic rings. The van der Waals surface area contributed by atoms with Crippen molar-refractivity contribution in [3.63, 3.8) is 0 Å². The van der Waals surface area contributed by atoms with Gasteiger partial charge in [0.25, 0.3) is 5.91 Å². The average molecular weight is 502 g/mol. The predicted molar refractivity (Wildman–Crippen MR) is 131 cm³/mol. The molecule has 0 unspecified atom stereocenters. The number of benzene rings is 2. The second-order valence-corrected chi connectivity index (χ2v) is 10.9. The van der Waals surface area contributed by atoms with Crippen LogP contribution in [-0.4, -0.2) is 47.0 Å². The van der Waals surface area contributed by atoms with Crippen molar-refractivity contribution in [3.8, 4) is 5.13 Å². The lowest BCUT2D eigenvalue weighted by Gasteiger charge is -2.17. The quantitative estimate of drug-likeness (QED) is 0.381. The van der Waals surface area contributed by atoms with E-state index in [1.165, 1.54) is 56.7 Å². The summed E-state index contributed by atoms with van der Waals surface area (Å²) in [6.45, 7) is 4.22. The number of unbranched alkanes of at least 4 members (excludes halogenated alkanes) is 1. The normalized spacial score (nSPS) is 11.9. The molecule has 2 aromatic heterocycles. The van der Waals surface area contributed by atoms with E-state index in [0.29, 0.717) is 39.0 Å². The summed E-state index contributed by atoms with van der Waals surface area (Å²) in [5.74, 6) is -0.371. The fourth-order valence-corrected chi connectivity index (χ4v) is 5.52. The number of fused-ring (bicyclic) bond motifs is 1. The van der Waals surface area contributed by atoms with Crippen molar-refractivity contribution >= 4 is 43.3 Å². The van der Waals surface area contributed by atoms with Crippen LogP contribution in [-0.2, 0) is 10.0 Å². The summed E-state index contributed by atoms with van der Waals surface area (Å²) >= 11 is 1.25. The highest BCUT2D eigenvalue weighted by Gasteiger charge is 2.21. The first-order valence-electron chi connectivity index (χ1n) is 10.7. The fourth-order valence-electron chi connectivity index (χ4n) is 3.36. The largest absolute Gasteiger partial charge is 0.306 e. The smallest absolute Gasteiger partial charge is 0.256 e. The molecule has 8 nitrogen and oxygen atoms in total. The van der Waals surface area contributed by atoms with Crippen LogP contribution in [0.25, 0.3) is 15.3 Å². The number of rotatable bonds is 8. The van der Waals surface area contributed by atoms with Crippen molar-refractivity contribution in [2.24, 2.45) is 0 Å². The Kier molecular flexibility index (Phi) is 6.78. The molecule has 0 saturated carbocycles. The Morgan fingerprint density at radius 1 is 1.18 bits per heavy atom. The third-order valence-corrected chi connectivity index (χ3v) is 8.11. The Bertz CT molecular complexity index is 1450. The lowest BCUT2D eigenvalue weighted by Crippen LogP contribution is -2.28. The van der Waals surface area contributed by atoms with Crippen LogP contribution >= 0.6 is 11.3 Å². The molecule has 1 amide bonds. The van der Waals surface area contributed by atoms with Gasteiger partial charge in [-0.05, 0) is 55.8 Å². The molecule has 2 heterocycles. The third kappa shape index (κ3) is 4.86. The highest BCUT2D eigenvalue weighted by molar-refractivity contribution is 7.89. The minimum Gasteiger partial charge on any atom is -0.306 e. The Balaban J connectivity index is 1.55. The van der Waals surface area contributed by atoms with Crippen molar-refractivity contribution < 1.29 is 17.6 Å². The van der Waals surface area contributed by atoms with E-state index in [0.717, 1.165) is 12.8 Å². The highest BCUT2D eigenvalue weighted by atomic mass is 32.2. The highest BCUT2D eigenvalue weighted by Crippen LogP contribution is 2.28. The number of sulfonamides is 1. The lowest BCUT2D eigenvalue weighted by molar-refractivity contribution is 0.102. The maximum absolute atomic E-state index is 13.6. The maximum Gasteiger partial charge on any atom is 0.256 e. The predicted octanol–water partition coefficient (Wildman–Crippen LogP) is 4.60. The number of aromatic nitrogens is 3. The number of carbonyl (C=O) groups excluding carboxylic acids is 1. The molecule has 0 saturated heterocycles. The molecule has 0 aliphatic carbocycles. The number of carbonyl (C=O) groups is 1. The van der Waals surface area contributed by atoms with E-state index in [-0.39, 0.29) is 10.7 Å². The first-order chi connectivity index (χ1) is 16.2. The van der Waals surface area contributed by atoms with Crippen molar-refractivity contribution in [2.75, 3.05) is 18.9 Å². The van der Waals surface area contributed by atoms with Gasteiger partial charge in [-0.2, -0.15) is 9.78 Å². The zero-order valence-electron chi connectivity index (χ0n) is 18.9. The van der Waals surface area contributed by atoms with Gasteiger partial charge in [-0.25, -0.2) is 22.1 Å². The number of thiazole rings is 1. The van der Waals surface area contributed by atoms with Crippen LogP contribution < -0.4 is 5.32 Å². The van der Waals surface area contributed by atoms with Crippen LogP contribution in [0.15, 0.2) is 53.4 Å². The molecule has 4 aromatic rings. The van der Waals surface area contributed by atoms with Gasteiger partial charge in [-0.15, -0.1) is 0 Å². The minimum atomic E-state index is -3.61. The van der Waals surface area contributed by atoms with E-state index in [4.69, 9.17) is 0 Å². The molecule has 11 heteroatoms. The van der Waals surface area contributed by atoms with E-state index in [2.05, 4.69) is 15.4 Å². The molecule has 0 bridgehead atoms. The summed E-state index contributed by atoms with van der Waals surface area (Å²) in [5.41, 5.74) is 1.59. The minimum absolute atomic E-state index is 0.130. The average Bonchev–Trinajstić information content (AvgIpc) is 3.39. The topological polar surface area (TPSA) is 97.2 Å². The van der Waals surface area contributed by atoms with Crippen molar-refractivity contribution in [1.29, 1.82) is 0 Å².